The Morgan fingerprint density at radius 2 is 1.85 bits per heavy atom. The molecule has 10 nitrogen and oxygen atoms in total. The molecule has 1 amide bonds. The average Bonchev–Trinajstić information content (AvgIpc) is 2.76. The van der Waals surface area contributed by atoms with E-state index in [1.54, 1.807) is 20.2 Å². The van der Waals surface area contributed by atoms with Crippen LogP contribution >= 0.6 is 0 Å². The minimum absolute atomic E-state index is 0.000539. The number of carbonyl (C=O) groups is 3. The summed E-state index contributed by atoms with van der Waals surface area (Å²) in [6.45, 7) is 1.91. The molecule has 0 saturated heterocycles. The number of aliphatic hydroxyl groups excluding tert-OH is 2. The molecule has 0 aliphatic heterocycles. The van der Waals surface area contributed by atoms with Gasteiger partial charge >= 0.3 is 0 Å². The number of nitrogens with zero attached hydrogens (tertiary/aromatic N) is 1. The zero-order valence-electron chi connectivity index (χ0n) is 19.3. The number of aliphatic hydroxyl groups is 3. The van der Waals surface area contributed by atoms with Crippen molar-refractivity contribution >= 4 is 17.5 Å². The molecule has 0 spiro atoms. The minimum Gasteiger partial charge on any atom is -0.510 e. The van der Waals surface area contributed by atoms with Crippen molar-refractivity contribution in [3.63, 3.8) is 0 Å². The highest BCUT2D eigenvalue weighted by Crippen LogP contribution is 2.52. The van der Waals surface area contributed by atoms with Crippen LogP contribution in [0.4, 0.5) is 0 Å². The molecule has 0 fully saturated rings. The third-order valence-corrected chi connectivity index (χ3v) is 7.49. The normalized spacial score (nSPS) is 28.7. The van der Waals surface area contributed by atoms with E-state index in [-0.39, 0.29) is 36.3 Å². The lowest BCUT2D eigenvalue weighted by Crippen LogP contribution is -2.63. The predicted molar refractivity (Wildman–Crippen MR) is 121 cm³/mol. The number of fused-ring (bicyclic) bond motifs is 3. The second-order valence-corrected chi connectivity index (χ2v) is 9.42. The molecule has 8 N–H and O–H groups in total. The number of nitrogens with two attached hydrogens (primary N) is 2. The SMILES string of the molecule is CCc1cc(CN)c(O)c2c1C[C@H]1C[C@H]3C(N(C)C)C(O)=C(C(N)=O)C(=O)[C@@]3(O)C(O)=C1C2=O. The number of aryl methyl sites for hydroxylation is 1. The molecule has 0 bridgehead atoms. The van der Waals surface area contributed by atoms with Crippen molar-refractivity contribution < 1.29 is 34.8 Å². The van der Waals surface area contributed by atoms with Crippen molar-refractivity contribution in [1.82, 2.24) is 4.90 Å². The number of carbonyl (C=O) groups excluding carboxylic acids is 3. The summed E-state index contributed by atoms with van der Waals surface area (Å²) in [7, 11) is 3.18. The van der Waals surface area contributed by atoms with Gasteiger partial charge in [-0.05, 0) is 50.4 Å². The van der Waals surface area contributed by atoms with E-state index in [1.165, 1.54) is 4.90 Å². The summed E-state index contributed by atoms with van der Waals surface area (Å²) < 4.78 is 0. The fourth-order valence-corrected chi connectivity index (χ4v) is 5.93. The molecule has 3 aliphatic rings. The second-order valence-electron chi connectivity index (χ2n) is 9.42. The van der Waals surface area contributed by atoms with Crippen LogP contribution in [0, 0.1) is 11.8 Å². The fraction of sp³-hybridized carbons (Fsp3) is 0.458. The number of primary amides is 1. The quantitative estimate of drug-likeness (QED) is 0.332. The number of ketones is 2. The Morgan fingerprint density at radius 1 is 1.21 bits per heavy atom. The van der Waals surface area contributed by atoms with Crippen molar-refractivity contribution in [2.75, 3.05) is 14.1 Å². The van der Waals surface area contributed by atoms with Crippen LogP contribution in [0.5, 0.6) is 5.75 Å². The van der Waals surface area contributed by atoms with Gasteiger partial charge in [-0.15, -0.1) is 0 Å². The van der Waals surface area contributed by atoms with E-state index in [0.717, 1.165) is 5.56 Å². The fourth-order valence-electron chi connectivity index (χ4n) is 5.93. The number of aromatic hydroxyl groups is 1. The van der Waals surface area contributed by atoms with Gasteiger partial charge in [0, 0.05) is 23.6 Å². The number of amides is 1. The topological polar surface area (TPSA) is 187 Å². The van der Waals surface area contributed by atoms with Crippen molar-refractivity contribution in [3.05, 3.63) is 51.0 Å². The first-order chi connectivity index (χ1) is 15.9. The molecule has 1 unspecified atom stereocenters. The van der Waals surface area contributed by atoms with Gasteiger partial charge in [0.25, 0.3) is 5.91 Å². The molecule has 4 rings (SSSR count). The summed E-state index contributed by atoms with van der Waals surface area (Å²) in [5.74, 6) is -6.58. The van der Waals surface area contributed by atoms with Crippen molar-refractivity contribution in [3.8, 4) is 5.75 Å². The number of phenolic OH excluding ortho intramolecular Hbond substituents is 1. The highest BCUT2D eigenvalue weighted by atomic mass is 16.3. The van der Waals surface area contributed by atoms with Crippen molar-refractivity contribution in [2.24, 2.45) is 23.3 Å². The summed E-state index contributed by atoms with van der Waals surface area (Å²) in [6.07, 6.45) is 0.919. The first kappa shape index (κ1) is 23.9. The Balaban J connectivity index is 1.99. The summed E-state index contributed by atoms with van der Waals surface area (Å²) in [6, 6.07) is 0.749. The van der Waals surface area contributed by atoms with Crippen LogP contribution in [0.3, 0.4) is 0 Å². The van der Waals surface area contributed by atoms with Gasteiger partial charge in [-0.2, -0.15) is 0 Å². The van der Waals surface area contributed by atoms with Crippen LogP contribution in [0.25, 0.3) is 0 Å². The van der Waals surface area contributed by atoms with Crippen LogP contribution in [-0.2, 0) is 29.0 Å². The van der Waals surface area contributed by atoms with E-state index in [4.69, 9.17) is 11.5 Å². The van der Waals surface area contributed by atoms with Gasteiger partial charge in [-0.1, -0.05) is 13.0 Å². The monoisotopic (exact) mass is 471 g/mol. The number of rotatable bonds is 4. The predicted octanol–water partition coefficient (Wildman–Crippen LogP) is 0.142. The molecule has 0 radical (unpaired) electrons. The lowest BCUT2D eigenvalue weighted by molar-refractivity contribution is -0.148. The molecule has 182 valence electrons. The first-order valence-corrected chi connectivity index (χ1v) is 11.1. The minimum atomic E-state index is -2.64. The van der Waals surface area contributed by atoms with E-state index in [9.17, 15) is 34.8 Å². The molecule has 3 aliphatic carbocycles. The first-order valence-electron chi connectivity index (χ1n) is 11.1. The molecule has 1 aromatic rings. The van der Waals surface area contributed by atoms with E-state index in [0.29, 0.717) is 17.5 Å². The van der Waals surface area contributed by atoms with Gasteiger partial charge in [0.05, 0.1) is 11.6 Å². The highest BCUT2D eigenvalue weighted by Gasteiger charge is 2.63. The molecule has 0 heterocycles. The molecule has 4 atom stereocenters. The van der Waals surface area contributed by atoms with Crippen molar-refractivity contribution in [1.29, 1.82) is 0 Å². The Labute approximate surface area is 196 Å². The highest BCUT2D eigenvalue weighted by molar-refractivity contribution is 6.24. The lowest BCUT2D eigenvalue weighted by atomic mass is 9.58. The second kappa shape index (κ2) is 7.93. The maximum atomic E-state index is 13.6. The van der Waals surface area contributed by atoms with Gasteiger partial charge in [0.1, 0.15) is 22.8 Å². The zero-order chi connectivity index (χ0) is 25.3. The van der Waals surface area contributed by atoms with Crippen LogP contribution < -0.4 is 11.5 Å². The summed E-state index contributed by atoms with van der Waals surface area (Å²) in [4.78, 5) is 40.4. The maximum Gasteiger partial charge on any atom is 0.255 e. The smallest absolute Gasteiger partial charge is 0.255 e. The van der Waals surface area contributed by atoms with E-state index >= 15 is 0 Å². The third-order valence-electron chi connectivity index (χ3n) is 7.49. The van der Waals surface area contributed by atoms with E-state index in [2.05, 4.69) is 0 Å². The summed E-state index contributed by atoms with van der Waals surface area (Å²) in [5.41, 5.74) is 9.28. The Kier molecular flexibility index (Phi) is 5.58. The van der Waals surface area contributed by atoms with E-state index < -0.39 is 58.0 Å². The number of phenols is 1. The molecule has 0 aromatic heterocycles. The number of hydrogen-bond acceptors (Lipinski definition) is 9. The van der Waals surface area contributed by atoms with Gasteiger partial charge < -0.3 is 31.9 Å². The Morgan fingerprint density at radius 3 is 2.38 bits per heavy atom. The Bertz CT molecular complexity index is 1200. The van der Waals surface area contributed by atoms with Crippen LogP contribution in [0.2, 0.25) is 0 Å². The van der Waals surface area contributed by atoms with Crippen LogP contribution in [-0.4, -0.2) is 68.5 Å². The Hall–Kier alpha value is -3.21. The number of allylic oxidation sites excluding steroid dienone is 1. The van der Waals surface area contributed by atoms with Crippen LogP contribution in [0.1, 0.15) is 40.4 Å². The molecular formula is C24H29N3O7. The van der Waals surface area contributed by atoms with Crippen LogP contribution in [0.15, 0.2) is 28.7 Å². The lowest BCUT2D eigenvalue weighted by Gasteiger charge is -2.50. The standard InChI is InChI=1S/C24H29N3O7/c1-4-9-5-11(8-25)18(28)15-12(9)6-10-7-13-17(27(2)3)20(30)16(23(26)33)22(32)24(13,34)21(31)14(10)19(15)29/h5,10,13,17,28,30-31,34H,4,6-8,25H2,1-3H3,(H2,26,33)/t10-,13-,17?,24-/m0/s1. The largest absolute Gasteiger partial charge is 0.510 e. The maximum absolute atomic E-state index is 13.6. The van der Waals surface area contributed by atoms with Gasteiger partial charge in [-0.25, -0.2) is 0 Å². The number of hydrogen-bond donors (Lipinski definition) is 6. The summed E-state index contributed by atoms with van der Waals surface area (Å²) in [5, 5.41) is 44.4. The molecule has 1 aromatic carbocycles. The van der Waals surface area contributed by atoms with Gasteiger partial charge in [0.15, 0.2) is 11.4 Å². The zero-order valence-corrected chi connectivity index (χ0v) is 19.3. The number of benzene rings is 1. The average molecular weight is 472 g/mol. The van der Waals surface area contributed by atoms with Gasteiger partial charge in [-0.3, -0.25) is 19.3 Å². The molecular weight excluding hydrogens is 442 g/mol. The summed E-state index contributed by atoms with van der Waals surface area (Å²) >= 11 is 0. The van der Waals surface area contributed by atoms with Crippen molar-refractivity contribution in [2.45, 2.75) is 44.4 Å². The number of Topliss-reactive ketones (excluding diaryl/α,β-unsaturated/α-hetero) is 2. The molecule has 0 saturated carbocycles. The number of likely N-dealkylation sites (N-methyl/N-ethyl adjacent to an activating group) is 1. The molecule has 34 heavy (non-hydrogen) atoms. The van der Waals surface area contributed by atoms with Gasteiger partial charge in [0.2, 0.25) is 5.78 Å². The van der Waals surface area contributed by atoms with E-state index in [1.807, 2.05) is 6.92 Å². The third kappa shape index (κ3) is 2.95. The molecule has 10 heteroatoms.